The molecule has 0 saturated heterocycles. The van der Waals surface area contributed by atoms with Crippen LogP contribution in [0.3, 0.4) is 0 Å². The quantitative estimate of drug-likeness (QED) is 0.836. The van der Waals surface area contributed by atoms with Gasteiger partial charge in [0.2, 0.25) is 0 Å². The summed E-state index contributed by atoms with van der Waals surface area (Å²) in [6.45, 7) is 0.403. The number of aromatic carboxylic acids is 1. The summed E-state index contributed by atoms with van der Waals surface area (Å²) in [7, 11) is 0. The van der Waals surface area contributed by atoms with Crippen molar-refractivity contribution in [1.82, 2.24) is 20.2 Å². The van der Waals surface area contributed by atoms with Crippen LogP contribution in [-0.4, -0.2) is 37.8 Å². The van der Waals surface area contributed by atoms with Crippen molar-refractivity contribution in [2.75, 3.05) is 6.54 Å². The van der Waals surface area contributed by atoms with Crippen LogP contribution in [0.5, 0.6) is 0 Å². The summed E-state index contributed by atoms with van der Waals surface area (Å²) in [6, 6.07) is 4.56. The number of nitrogens with two attached hydrogens (primary N) is 1. The minimum atomic E-state index is -1.10. The number of carboxylic acid groups (broad SMARTS) is 1. The van der Waals surface area contributed by atoms with E-state index in [2.05, 4.69) is 15.5 Å². The molecular weight excluding hydrogens is 258 g/mol. The second kappa shape index (κ2) is 5.11. The van der Waals surface area contributed by atoms with Crippen LogP contribution in [0.4, 0.5) is 0 Å². The van der Waals surface area contributed by atoms with Gasteiger partial charge in [-0.15, -0.1) is 5.10 Å². The highest BCUT2D eigenvalue weighted by Crippen LogP contribution is 2.20. The summed E-state index contributed by atoms with van der Waals surface area (Å²) in [5, 5.41) is 20.3. The van der Waals surface area contributed by atoms with Gasteiger partial charge in [-0.2, -0.15) is 4.68 Å². The molecule has 18 heavy (non-hydrogen) atoms. The number of halogens is 1. The van der Waals surface area contributed by atoms with Gasteiger partial charge < -0.3 is 10.8 Å². The van der Waals surface area contributed by atoms with Crippen molar-refractivity contribution in [3.05, 3.63) is 34.6 Å². The van der Waals surface area contributed by atoms with E-state index in [-0.39, 0.29) is 10.6 Å². The van der Waals surface area contributed by atoms with Crippen LogP contribution >= 0.6 is 11.6 Å². The van der Waals surface area contributed by atoms with Crippen LogP contribution in [0.15, 0.2) is 18.2 Å². The van der Waals surface area contributed by atoms with E-state index in [0.29, 0.717) is 24.5 Å². The van der Waals surface area contributed by atoms with Crippen LogP contribution in [0.25, 0.3) is 5.69 Å². The topological polar surface area (TPSA) is 107 Å². The number of aromatic nitrogens is 4. The zero-order valence-electron chi connectivity index (χ0n) is 9.25. The molecule has 7 nitrogen and oxygen atoms in total. The number of hydrogen-bond acceptors (Lipinski definition) is 5. The van der Waals surface area contributed by atoms with Gasteiger partial charge in [-0.1, -0.05) is 11.6 Å². The Kier molecular flexibility index (Phi) is 3.54. The summed E-state index contributed by atoms with van der Waals surface area (Å²) in [5.41, 5.74) is 5.98. The van der Waals surface area contributed by atoms with E-state index in [1.165, 1.54) is 16.8 Å². The van der Waals surface area contributed by atoms with Crippen molar-refractivity contribution < 1.29 is 9.90 Å². The van der Waals surface area contributed by atoms with E-state index >= 15 is 0 Å². The highest BCUT2D eigenvalue weighted by molar-refractivity contribution is 6.33. The Morgan fingerprint density at radius 1 is 1.50 bits per heavy atom. The standard InChI is InChI=1S/C10H10ClN5O2/c11-8-2-1-6(5-7(8)10(17)18)16-9(3-4-12)13-14-15-16/h1-2,5H,3-4,12H2,(H,17,18). The summed E-state index contributed by atoms with van der Waals surface area (Å²) in [5.74, 6) is -0.536. The van der Waals surface area contributed by atoms with E-state index in [0.717, 1.165) is 0 Å². The summed E-state index contributed by atoms with van der Waals surface area (Å²) < 4.78 is 1.44. The molecular formula is C10H10ClN5O2. The van der Waals surface area contributed by atoms with Gasteiger partial charge in [0, 0.05) is 6.42 Å². The molecule has 2 rings (SSSR count). The van der Waals surface area contributed by atoms with Crippen molar-refractivity contribution in [1.29, 1.82) is 0 Å². The number of rotatable bonds is 4. The molecule has 0 spiro atoms. The molecule has 0 amide bonds. The van der Waals surface area contributed by atoms with Gasteiger partial charge >= 0.3 is 5.97 Å². The molecule has 0 aliphatic rings. The lowest BCUT2D eigenvalue weighted by molar-refractivity contribution is 0.0697. The molecule has 1 aromatic heterocycles. The maximum absolute atomic E-state index is 11.0. The lowest BCUT2D eigenvalue weighted by Crippen LogP contribution is -2.10. The smallest absolute Gasteiger partial charge is 0.337 e. The fourth-order valence-corrected chi connectivity index (χ4v) is 1.70. The molecule has 0 aliphatic carbocycles. The maximum atomic E-state index is 11.0. The zero-order chi connectivity index (χ0) is 13.1. The van der Waals surface area contributed by atoms with E-state index in [1.807, 2.05) is 0 Å². The highest BCUT2D eigenvalue weighted by atomic mass is 35.5. The SMILES string of the molecule is NCCc1nnnn1-c1ccc(Cl)c(C(=O)O)c1. The second-order valence-corrected chi connectivity index (χ2v) is 3.92. The van der Waals surface area contributed by atoms with Crippen LogP contribution in [0.2, 0.25) is 5.02 Å². The van der Waals surface area contributed by atoms with Crippen molar-refractivity contribution in [3.8, 4) is 5.69 Å². The fraction of sp³-hybridized carbons (Fsp3) is 0.200. The van der Waals surface area contributed by atoms with Gasteiger partial charge in [-0.25, -0.2) is 4.79 Å². The third-order valence-corrected chi connectivity index (χ3v) is 2.66. The number of carboxylic acids is 1. The molecule has 3 N–H and O–H groups in total. The van der Waals surface area contributed by atoms with Crippen LogP contribution in [0.1, 0.15) is 16.2 Å². The zero-order valence-corrected chi connectivity index (χ0v) is 10.0. The average Bonchev–Trinajstić information content (AvgIpc) is 2.78. The van der Waals surface area contributed by atoms with E-state index < -0.39 is 5.97 Å². The van der Waals surface area contributed by atoms with Gasteiger partial charge in [-0.3, -0.25) is 0 Å². The molecule has 8 heteroatoms. The number of carbonyl (C=O) groups is 1. The van der Waals surface area contributed by atoms with E-state index in [9.17, 15) is 4.79 Å². The molecule has 1 aromatic carbocycles. The minimum absolute atomic E-state index is 0.00312. The molecule has 0 bridgehead atoms. The molecule has 2 aromatic rings. The predicted molar refractivity (Wildman–Crippen MR) is 63.9 cm³/mol. The van der Waals surface area contributed by atoms with Gasteiger partial charge in [0.15, 0.2) is 5.82 Å². The van der Waals surface area contributed by atoms with Gasteiger partial charge in [0.1, 0.15) is 0 Å². The van der Waals surface area contributed by atoms with Gasteiger partial charge in [0.25, 0.3) is 0 Å². The average molecular weight is 268 g/mol. The Morgan fingerprint density at radius 2 is 2.28 bits per heavy atom. The van der Waals surface area contributed by atoms with Crippen LogP contribution in [0, 0.1) is 0 Å². The van der Waals surface area contributed by atoms with E-state index in [4.69, 9.17) is 22.4 Å². The molecule has 0 unspecified atom stereocenters. The minimum Gasteiger partial charge on any atom is -0.478 e. The lowest BCUT2D eigenvalue weighted by Gasteiger charge is -2.05. The molecule has 0 fully saturated rings. The lowest BCUT2D eigenvalue weighted by atomic mass is 10.2. The van der Waals surface area contributed by atoms with Crippen molar-refractivity contribution in [2.24, 2.45) is 5.73 Å². The first-order valence-corrected chi connectivity index (χ1v) is 5.52. The number of hydrogen-bond donors (Lipinski definition) is 2. The van der Waals surface area contributed by atoms with Crippen molar-refractivity contribution >= 4 is 17.6 Å². The van der Waals surface area contributed by atoms with Crippen LogP contribution in [-0.2, 0) is 6.42 Å². The fourth-order valence-electron chi connectivity index (χ4n) is 1.50. The summed E-state index contributed by atoms with van der Waals surface area (Å²) >= 11 is 5.79. The predicted octanol–water partition coefficient (Wildman–Crippen LogP) is 0.515. The van der Waals surface area contributed by atoms with E-state index in [1.54, 1.807) is 6.07 Å². The van der Waals surface area contributed by atoms with Crippen molar-refractivity contribution in [3.63, 3.8) is 0 Å². The van der Waals surface area contributed by atoms with Crippen molar-refractivity contribution in [2.45, 2.75) is 6.42 Å². The maximum Gasteiger partial charge on any atom is 0.337 e. The Labute approximate surface area is 107 Å². The third kappa shape index (κ3) is 2.31. The Bertz CT molecular complexity index is 583. The third-order valence-electron chi connectivity index (χ3n) is 2.33. The normalized spacial score (nSPS) is 10.6. The molecule has 94 valence electrons. The molecule has 0 radical (unpaired) electrons. The van der Waals surface area contributed by atoms with Gasteiger partial charge in [-0.05, 0) is 35.2 Å². The Morgan fingerprint density at radius 3 is 2.94 bits per heavy atom. The molecule has 1 heterocycles. The highest BCUT2D eigenvalue weighted by Gasteiger charge is 2.13. The first-order valence-electron chi connectivity index (χ1n) is 5.14. The Balaban J connectivity index is 2.47. The number of nitrogens with zero attached hydrogens (tertiary/aromatic N) is 4. The second-order valence-electron chi connectivity index (χ2n) is 3.51. The first kappa shape index (κ1) is 12.5. The largest absolute Gasteiger partial charge is 0.478 e. The van der Waals surface area contributed by atoms with Gasteiger partial charge in [0.05, 0.1) is 16.3 Å². The van der Waals surface area contributed by atoms with Crippen LogP contribution < -0.4 is 5.73 Å². The first-order chi connectivity index (χ1) is 8.63. The number of tetrazole rings is 1. The summed E-state index contributed by atoms with van der Waals surface area (Å²) in [4.78, 5) is 11.0. The molecule has 0 atom stereocenters. The molecule has 0 saturated carbocycles. The monoisotopic (exact) mass is 267 g/mol. The summed E-state index contributed by atoms with van der Waals surface area (Å²) in [6.07, 6.45) is 0.498. The molecule has 0 aliphatic heterocycles. The Hall–Kier alpha value is -1.99. The number of benzene rings is 1.